The SMILES string of the molecule is CN1CCN(C(=O)c2ccnc(N3C[C@@H](Cc4ccccn4)[C@H](O)C3)c2)CC1. The van der Waals surface area contributed by atoms with Crippen LogP contribution in [-0.4, -0.2) is 83.2 Å². The van der Waals surface area contributed by atoms with E-state index >= 15 is 0 Å². The Bertz CT molecular complexity index is 807. The van der Waals surface area contributed by atoms with Crippen molar-refractivity contribution in [2.45, 2.75) is 12.5 Å². The fourth-order valence-corrected chi connectivity index (χ4v) is 3.95. The maximum absolute atomic E-state index is 12.8. The van der Waals surface area contributed by atoms with Crippen LogP contribution in [-0.2, 0) is 6.42 Å². The minimum absolute atomic E-state index is 0.0570. The highest BCUT2D eigenvalue weighted by Crippen LogP contribution is 2.26. The van der Waals surface area contributed by atoms with Gasteiger partial charge in [0.15, 0.2) is 0 Å². The molecular formula is C21H27N5O2. The van der Waals surface area contributed by atoms with Crippen LogP contribution in [0.2, 0.25) is 0 Å². The lowest BCUT2D eigenvalue weighted by Gasteiger charge is -2.32. The van der Waals surface area contributed by atoms with Crippen LogP contribution in [0, 0.1) is 5.92 Å². The molecule has 0 bridgehead atoms. The topological polar surface area (TPSA) is 72.8 Å². The second kappa shape index (κ2) is 8.24. The van der Waals surface area contributed by atoms with Crippen LogP contribution in [0.5, 0.6) is 0 Å². The Morgan fingerprint density at radius 1 is 1.11 bits per heavy atom. The summed E-state index contributed by atoms with van der Waals surface area (Å²) >= 11 is 0. The van der Waals surface area contributed by atoms with E-state index in [1.165, 1.54) is 0 Å². The van der Waals surface area contributed by atoms with Crippen molar-refractivity contribution in [1.82, 2.24) is 19.8 Å². The number of likely N-dealkylation sites (N-methyl/N-ethyl adjacent to an activating group) is 1. The van der Waals surface area contributed by atoms with Gasteiger partial charge >= 0.3 is 0 Å². The summed E-state index contributed by atoms with van der Waals surface area (Å²) in [6.45, 7) is 4.53. The van der Waals surface area contributed by atoms with E-state index in [4.69, 9.17) is 0 Å². The number of hydrogen-bond donors (Lipinski definition) is 1. The summed E-state index contributed by atoms with van der Waals surface area (Å²) < 4.78 is 0. The van der Waals surface area contributed by atoms with Gasteiger partial charge < -0.3 is 19.8 Å². The van der Waals surface area contributed by atoms with E-state index in [9.17, 15) is 9.90 Å². The van der Waals surface area contributed by atoms with E-state index < -0.39 is 6.10 Å². The maximum atomic E-state index is 12.8. The van der Waals surface area contributed by atoms with Gasteiger partial charge in [0.25, 0.3) is 5.91 Å². The Morgan fingerprint density at radius 2 is 1.93 bits per heavy atom. The number of pyridine rings is 2. The van der Waals surface area contributed by atoms with E-state index in [0.29, 0.717) is 18.7 Å². The number of aliphatic hydroxyl groups excluding tert-OH is 1. The number of carbonyl (C=O) groups is 1. The molecule has 2 saturated heterocycles. The number of piperazine rings is 1. The quantitative estimate of drug-likeness (QED) is 0.849. The molecule has 2 aliphatic heterocycles. The summed E-state index contributed by atoms with van der Waals surface area (Å²) in [6.07, 6.45) is 3.78. The molecule has 2 atom stereocenters. The molecule has 0 radical (unpaired) electrons. The van der Waals surface area contributed by atoms with Crippen LogP contribution in [0.15, 0.2) is 42.7 Å². The largest absolute Gasteiger partial charge is 0.391 e. The lowest BCUT2D eigenvalue weighted by atomic mass is 10.00. The van der Waals surface area contributed by atoms with E-state index in [2.05, 4.69) is 26.8 Å². The molecule has 7 heteroatoms. The standard InChI is InChI=1S/C21H27N5O2/c1-24-8-10-25(11-9-24)21(28)16-5-7-23-20(13-16)26-14-17(19(27)15-26)12-18-4-2-3-6-22-18/h2-7,13,17,19,27H,8-12,14-15H2,1H3/t17-,19-/m1/s1. The van der Waals surface area contributed by atoms with Crippen LogP contribution in [0.3, 0.4) is 0 Å². The zero-order valence-electron chi connectivity index (χ0n) is 16.2. The normalized spacial score (nSPS) is 23.2. The van der Waals surface area contributed by atoms with Crippen molar-refractivity contribution in [1.29, 1.82) is 0 Å². The summed E-state index contributed by atoms with van der Waals surface area (Å²) in [5, 5.41) is 10.5. The van der Waals surface area contributed by atoms with Crippen molar-refractivity contribution < 1.29 is 9.90 Å². The van der Waals surface area contributed by atoms with Gasteiger partial charge in [-0.2, -0.15) is 0 Å². The third-order valence-electron chi connectivity index (χ3n) is 5.71. The molecule has 0 saturated carbocycles. The second-order valence-corrected chi connectivity index (χ2v) is 7.76. The minimum atomic E-state index is -0.430. The number of amides is 1. The van der Waals surface area contributed by atoms with Crippen molar-refractivity contribution in [2.24, 2.45) is 5.92 Å². The van der Waals surface area contributed by atoms with E-state index in [1.54, 1.807) is 18.5 Å². The molecular weight excluding hydrogens is 354 g/mol. The molecule has 4 heterocycles. The number of carbonyl (C=O) groups excluding carboxylic acids is 1. The second-order valence-electron chi connectivity index (χ2n) is 7.76. The number of rotatable bonds is 4. The van der Waals surface area contributed by atoms with Crippen molar-refractivity contribution in [3.8, 4) is 0 Å². The van der Waals surface area contributed by atoms with Gasteiger partial charge in [-0.05, 0) is 37.7 Å². The smallest absolute Gasteiger partial charge is 0.254 e. The fourth-order valence-electron chi connectivity index (χ4n) is 3.95. The van der Waals surface area contributed by atoms with Crippen LogP contribution in [0.25, 0.3) is 0 Å². The number of β-amino-alcohol motifs (C(OH)–C–C–N with tert-alkyl or cyclic N) is 1. The molecule has 4 rings (SSSR count). The molecule has 7 nitrogen and oxygen atoms in total. The van der Waals surface area contributed by atoms with Crippen LogP contribution in [0.1, 0.15) is 16.1 Å². The molecule has 2 aliphatic rings. The van der Waals surface area contributed by atoms with Gasteiger partial charge in [0.1, 0.15) is 5.82 Å². The first-order chi connectivity index (χ1) is 13.6. The zero-order chi connectivity index (χ0) is 19.5. The molecule has 1 N–H and O–H groups in total. The van der Waals surface area contributed by atoms with Gasteiger partial charge in [-0.3, -0.25) is 9.78 Å². The van der Waals surface area contributed by atoms with Crippen LogP contribution >= 0.6 is 0 Å². The molecule has 1 amide bonds. The van der Waals surface area contributed by atoms with E-state index in [1.807, 2.05) is 29.2 Å². The Kier molecular flexibility index (Phi) is 5.54. The molecule has 0 unspecified atom stereocenters. The van der Waals surface area contributed by atoms with Gasteiger partial charge in [-0.15, -0.1) is 0 Å². The Labute approximate surface area is 165 Å². The molecule has 2 aromatic heterocycles. The lowest BCUT2D eigenvalue weighted by Crippen LogP contribution is -2.47. The van der Waals surface area contributed by atoms with Crippen LogP contribution < -0.4 is 4.90 Å². The molecule has 0 aromatic carbocycles. The van der Waals surface area contributed by atoms with Crippen molar-refractivity contribution in [2.75, 3.05) is 51.2 Å². The molecule has 0 spiro atoms. The summed E-state index contributed by atoms with van der Waals surface area (Å²) in [5.74, 6) is 0.915. The average molecular weight is 381 g/mol. The number of anilines is 1. The average Bonchev–Trinajstić information content (AvgIpc) is 3.09. The highest BCUT2D eigenvalue weighted by molar-refractivity contribution is 5.95. The third-order valence-corrected chi connectivity index (χ3v) is 5.71. The van der Waals surface area contributed by atoms with Gasteiger partial charge in [0.05, 0.1) is 6.10 Å². The summed E-state index contributed by atoms with van der Waals surface area (Å²) in [7, 11) is 2.08. The monoisotopic (exact) mass is 381 g/mol. The zero-order valence-corrected chi connectivity index (χ0v) is 16.2. The van der Waals surface area contributed by atoms with E-state index in [0.717, 1.165) is 44.1 Å². The summed E-state index contributed by atoms with van der Waals surface area (Å²) in [6, 6.07) is 9.49. The highest BCUT2D eigenvalue weighted by atomic mass is 16.3. The maximum Gasteiger partial charge on any atom is 0.254 e. The van der Waals surface area contributed by atoms with Gasteiger partial charge in [-0.1, -0.05) is 6.07 Å². The van der Waals surface area contributed by atoms with Crippen molar-refractivity contribution in [3.05, 3.63) is 54.0 Å². The highest BCUT2D eigenvalue weighted by Gasteiger charge is 2.32. The first kappa shape index (κ1) is 18.8. The predicted molar refractivity (Wildman–Crippen MR) is 107 cm³/mol. The van der Waals surface area contributed by atoms with Gasteiger partial charge in [-0.25, -0.2) is 4.98 Å². The fraction of sp³-hybridized carbons (Fsp3) is 0.476. The van der Waals surface area contributed by atoms with Gasteiger partial charge in [0.2, 0.25) is 0 Å². The predicted octanol–water partition coefficient (Wildman–Crippen LogP) is 0.904. The minimum Gasteiger partial charge on any atom is -0.391 e. The Morgan fingerprint density at radius 3 is 2.68 bits per heavy atom. The summed E-state index contributed by atoms with van der Waals surface area (Å²) in [4.78, 5) is 27.9. The van der Waals surface area contributed by atoms with Gasteiger partial charge in [0, 0.05) is 68.8 Å². The molecule has 2 aromatic rings. The lowest BCUT2D eigenvalue weighted by molar-refractivity contribution is 0.0664. The molecule has 28 heavy (non-hydrogen) atoms. The number of hydrogen-bond acceptors (Lipinski definition) is 6. The first-order valence-corrected chi connectivity index (χ1v) is 9.87. The molecule has 2 fully saturated rings. The van der Waals surface area contributed by atoms with Crippen LogP contribution in [0.4, 0.5) is 5.82 Å². The third kappa shape index (κ3) is 4.15. The van der Waals surface area contributed by atoms with Crippen molar-refractivity contribution in [3.63, 3.8) is 0 Å². The molecule has 148 valence electrons. The van der Waals surface area contributed by atoms with Crippen molar-refractivity contribution >= 4 is 11.7 Å². The Balaban J connectivity index is 1.43. The first-order valence-electron chi connectivity index (χ1n) is 9.87. The Hall–Kier alpha value is -2.51. The molecule has 0 aliphatic carbocycles. The number of aliphatic hydroxyl groups is 1. The number of aromatic nitrogens is 2. The summed E-state index contributed by atoms with van der Waals surface area (Å²) in [5.41, 5.74) is 1.65. The number of nitrogens with zero attached hydrogens (tertiary/aromatic N) is 5. The van der Waals surface area contributed by atoms with E-state index in [-0.39, 0.29) is 11.8 Å².